The van der Waals surface area contributed by atoms with Gasteiger partial charge in [-0.3, -0.25) is 4.79 Å². The highest BCUT2D eigenvalue weighted by Crippen LogP contribution is 2.09. The fraction of sp³-hybridized carbons (Fsp3) is 0.250. The topological polar surface area (TPSA) is 88.1 Å². The molecule has 29 heavy (non-hydrogen) atoms. The minimum atomic E-state index is -0.982. The molecule has 0 radical (unpaired) electrons. The SMILES string of the molecule is CC(=O)OCOC(COC(=O)c1cccc(F)c1)COC(=O)c1cccc(F)c1. The summed E-state index contributed by atoms with van der Waals surface area (Å²) < 4.78 is 46.4. The summed E-state index contributed by atoms with van der Waals surface area (Å²) in [6.07, 6.45) is -0.982. The summed E-state index contributed by atoms with van der Waals surface area (Å²) in [6, 6.07) is 9.78. The molecule has 0 heterocycles. The summed E-state index contributed by atoms with van der Waals surface area (Å²) in [5.41, 5.74) is -0.0269. The summed E-state index contributed by atoms with van der Waals surface area (Å²) in [6.45, 7) is -0.0264. The minimum Gasteiger partial charge on any atom is -0.459 e. The average Bonchev–Trinajstić information content (AvgIpc) is 2.68. The third-order valence-electron chi connectivity index (χ3n) is 3.49. The van der Waals surface area contributed by atoms with Crippen molar-refractivity contribution in [2.24, 2.45) is 0 Å². The Balaban J connectivity index is 1.93. The maximum absolute atomic E-state index is 13.2. The van der Waals surface area contributed by atoms with Crippen molar-refractivity contribution in [3.8, 4) is 0 Å². The van der Waals surface area contributed by atoms with E-state index in [1.54, 1.807) is 0 Å². The van der Waals surface area contributed by atoms with Crippen LogP contribution in [-0.2, 0) is 23.7 Å². The zero-order valence-electron chi connectivity index (χ0n) is 15.4. The largest absolute Gasteiger partial charge is 0.459 e. The first kappa shape index (κ1) is 22.0. The molecule has 0 bridgehead atoms. The predicted molar refractivity (Wildman–Crippen MR) is 94.9 cm³/mol. The maximum Gasteiger partial charge on any atom is 0.338 e. The van der Waals surface area contributed by atoms with Crippen LogP contribution in [0.25, 0.3) is 0 Å². The van der Waals surface area contributed by atoms with E-state index in [1.807, 2.05) is 0 Å². The Morgan fingerprint density at radius 2 is 1.31 bits per heavy atom. The highest BCUT2D eigenvalue weighted by Gasteiger charge is 2.18. The molecule has 7 nitrogen and oxygen atoms in total. The van der Waals surface area contributed by atoms with E-state index in [9.17, 15) is 23.2 Å². The number of halogens is 2. The molecule has 0 aliphatic rings. The Bertz CT molecular complexity index is 808. The van der Waals surface area contributed by atoms with E-state index >= 15 is 0 Å². The molecule has 0 amide bonds. The second kappa shape index (κ2) is 10.9. The van der Waals surface area contributed by atoms with Gasteiger partial charge in [-0.05, 0) is 36.4 Å². The number of benzene rings is 2. The monoisotopic (exact) mass is 408 g/mol. The standard InChI is InChI=1S/C20H18F2O7/c1-13(23)28-12-29-18(10-26-19(24)14-4-2-6-16(21)8-14)11-27-20(25)15-5-3-7-17(22)9-15/h2-9,18H,10-12H2,1H3. The molecular formula is C20H18F2O7. The van der Waals surface area contributed by atoms with Gasteiger partial charge in [0.25, 0.3) is 0 Å². The number of ether oxygens (including phenoxy) is 4. The first-order valence-electron chi connectivity index (χ1n) is 8.45. The third-order valence-corrected chi connectivity index (χ3v) is 3.49. The fourth-order valence-corrected chi connectivity index (χ4v) is 2.09. The molecule has 2 rings (SSSR count). The maximum atomic E-state index is 13.2. The van der Waals surface area contributed by atoms with Gasteiger partial charge in [0, 0.05) is 6.92 Å². The molecule has 0 aliphatic carbocycles. The summed E-state index contributed by atoms with van der Waals surface area (Å²) in [4.78, 5) is 34.8. The molecular weight excluding hydrogens is 390 g/mol. The van der Waals surface area contributed by atoms with E-state index in [0.717, 1.165) is 12.1 Å². The molecule has 154 valence electrons. The van der Waals surface area contributed by atoms with Gasteiger partial charge in [-0.25, -0.2) is 18.4 Å². The highest BCUT2D eigenvalue weighted by atomic mass is 19.1. The van der Waals surface area contributed by atoms with Gasteiger partial charge >= 0.3 is 17.9 Å². The molecule has 0 aliphatic heterocycles. The molecule has 9 heteroatoms. The normalized spacial score (nSPS) is 10.5. The van der Waals surface area contributed by atoms with Crippen LogP contribution in [0, 0.1) is 11.6 Å². The van der Waals surface area contributed by atoms with Crippen molar-refractivity contribution in [3.63, 3.8) is 0 Å². The van der Waals surface area contributed by atoms with E-state index in [4.69, 9.17) is 14.2 Å². The Morgan fingerprint density at radius 3 is 1.72 bits per heavy atom. The fourth-order valence-electron chi connectivity index (χ4n) is 2.09. The second-order valence-corrected chi connectivity index (χ2v) is 5.76. The molecule has 0 saturated heterocycles. The van der Waals surface area contributed by atoms with Crippen LogP contribution in [0.3, 0.4) is 0 Å². The van der Waals surface area contributed by atoms with Crippen molar-refractivity contribution in [2.75, 3.05) is 20.0 Å². The lowest BCUT2D eigenvalue weighted by molar-refractivity contribution is -0.162. The quantitative estimate of drug-likeness (QED) is 0.358. The molecule has 0 spiro atoms. The van der Waals surface area contributed by atoms with Crippen LogP contribution in [0.5, 0.6) is 0 Å². The lowest BCUT2D eigenvalue weighted by Crippen LogP contribution is -2.30. The van der Waals surface area contributed by atoms with Gasteiger partial charge < -0.3 is 18.9 Å². The van der Waals surface area contributed by atoms with Crippen LogP contribution in [-0.4, -0.2) is 44.0 Å². The molecule has 2 aromatic rings. The molecule has 0 saturated carbocycles. The van der Waals surface area contributed by atoms with Crippen LogP contribution >= 0.6 is 0 Å². The number of esters is 3. The number of carbonyl (C=O) groups is 3. The van der Waals surface area contributed by atoms with Crippen LogP contribution in [0.15, 0.2) is 48.5 Å². The van der Waals surface area contributed by atoms with Crippen LogP contribution in [0.4, 0.5) is 8.78 Å². The minimum absolute atomic E-state index is 0.0134. The lowest BCUT2D eigenvalue weighted by atomic mass is 10.2. The lowest BCUT2D eigenvalue weighted by Gasteiger charge is -2.18. The smallest absolute Gasteiger partial charge is 0.338 e. The Hall–Kier alpha value is -3.33. The molecule has 0 N–H and O–H groups in total. The Morgan fingerprint density at radius 1 is 0.828 bits per heavy atom. The number of carbonyl (C=O) groups excluding carboxylic acids is 3. The van der Waals surface area contributed by atoms with E-state index in [0.29, 0.717) is 0 Å². The van der Waals surface area contributed by atoms with Crippen molar-refractivity contribution in [1.82, 2.24) is 0 Å². The molecule has 0 atom stereocenters. The number of hydrogen-bond donors (Lipinski definition) is 0. The highest BCUT2D eigenvalue weighted by molar-refractivity contribution is 5.89. The summed E-state index contributed by atoms with van der Waals surface area (Å²) in [5.74, 6) is -3.45. The second-order valence-electron chi connectivity index (χ2n) is 5.76. The van der Waals surface area contributed by atoms with Crippen molar-refractivity contribution >= 4 is 17.9 Å². The van der Waals surface area contributed by atoms with Gasteiger partial charge in [-0.2, -0.15) is 0 Å². The van der Waals surface area contributed by atoms with Crippen LogP contribution < -0.4 is 0 Å². The van der Waals surface area contributed by atoms with E-state index in [-0.39, 0.29) is 24.3 Å². The van der Waals surface area contributed by atoms with E-state index in [2.05, 4.69) is 4.74 Å². The van der Waals surface area contributed by atoms with Crippen molar-refractivity contribution in [2.45, 2.75) is 13.0 Å². The van der Waals surface area contributed by atoms with Crippen molar-refractivity contribution in [1.29, 1.82) is 0 Å². The predicted octanol–water partition coefficient (Wildman–Crippen LogP) is 2.88. The average molecular weight is 408 g/mol. The van der Waals surface area contributed by atoms with Gasteiger partial charge in [-0.15, -0.1) is 0 Å². The molecule has 0 fully saturated rings. The number of rotatable bonds is 9. The third kappa shape index (κ3) is 7.67. The summed E-state index contributed by atoms with van der Waals surface area (Å²) in [5, 5.41) is 0. The molecule has 2 aromatic carbocycles. The summed E-state index contributed by atoms with van der Waals surface area (Å²) >= 11 is 0. The van der Waals surface area contributed by atoms with Gasteiger partial charge in [0.1, 0.15) is 31.0 Å². The summed E-state index contributed by atoms with van der Waals surface area (Å²) in [7, 11) is 0. The Kier molecular flexibility index (Phi) is 8.23. The van der Waals surface area contributed by atoms with E-state index in [1.165, 1.54) is 43.3 Å². The van der Waals surface area contributed by atoms with Crippen molar-refractivity contribution in [3.05, 3.63) is 71.3 Å². The number of hydrogen-bond acceptors (Lipinski definition) is 7. The zero-order chi connectivity index (χ0) is 21.2. The van der Waals surface area contributed by atoms with E-state index < -0.39 is 42.4 Å². The Labute approximate surface area is 165 Å². The van der Waals surface area contributed by atoms with Gasteiger partial charge in [0.05, 0.1) is 11.1 Å². The first-order valence-corrected chi connectivity index (χ1v) is 8.45. The van der Waals surface area contributed by atoms with Crippen LogP contribution in [0.2, 0.25) is 0 Å². The molecule has 0 unspecified atom stereocenters. The van der Waals surface area contributed by atoms with Gasteiger partial charge in [0.2, 0.25) is 0 Å². The zero-order valence-corrected chi connectivity index (χ0v) is 15.4. The van der Waals surface area contributed by atoms with Gasteiger partial charge in [0.15, 0.2) is 6.79 Å². The van der Waals surface area contributed by atoms with Crippen molar-refractivity contribution < 1.29 is 42.1 Å². The van der Waals surface area contributed by atoms with Gasteiger partial charge in [-0.1, -0.05) is 12.1 Å². The first-order chi connectivity index (χ1) is 13.8. The van der Waals surface area contributed by atoms with Crippen LogP contribution in [0.1, 0.15) is 27.6 Å². The molecule has 0 aromatic heterocycles.